The van der Waals surface area contributed by atoms with Gasteiger partial charge < -0.3 is 4.90 Å². The van der Waals surface area contributed by atoms with Gasteiger partial charge in [0.05, 0.1) is 5.56 Å². The predicted octanol–water partition coefficient (Wildman–Crippen LogP) is 3.71. The fourth-order valence-corrected chi connectivity index (χ4v) is 3.22. The number of hydrogen-bond acceptors (Lipinski definition) is 2. The van der Waals surface area contributed by atoms with Crippen LogP contribution >= 0.6 is 0 Å². The summed E-state index contributed by atoms with van der Waals surface area (Å²) in [4.78, 5) is 18.4. The summed E-state index contributed by atoms with van der Waals surface area (Å²) in [5.41, 5.74) is 1.68. The first-order valence-electron chi connectivity index (χ1n) is 8.16. The highest BCUT2D eigenvalue weighted by molar-refractivity contribution is 5.93. The molecule has 0 aliphatic carbocycles. The van der Waals surface area contributed by atoms with Crippen molar-refractivity contribution in [2.24, 2.45) is 5.92 Å². The Morgan fingerprint density at radius 2 is 2.22 bits per heavy atom. The van der Waals surface area contributed by atoms with E-state index in [1.165, 1.54) is 6.07 Å². The maximum atomic E-state index is 13.2. The van der Waals surface area contributed by atoms with Crippen LogP contribution in [0.15, 0.2) is 48.8 Å². The zero-order chi connectivity index (χ0) is 16.1. The van der Waals surface area contributed by atoms with Crippen molar-refractivity contribution in [2.75, 3.05) is 13.1 Å². The fraction of sp³-hybridized carbons (Fsp3) is 0.368. The van der Waals surface area contributed by atoms with E-state index in [-0.39, 0.29) is 11.7 Å². The Bertz CT molecular complexity index is 659. The molecule has 4 heteroatoms. The topological polar surface area (TPSA) is 33.2 Å². The molecular formula is C19H21FN2O. The van der Waals surface area contributed by atoms with Crippen LogP contribution in [0.2, 0.25) is 0 Å². The molecule has 3 rings (SSSR count). The summed E-state index contributed by atoms with van der Waals surface area (Å²) < 4.78 is 13.2. The van der Waals surface area contributed by atoms with Gasteiger partial charge in [0.1, 0.15) is 5.82 Å². The van der Waals surface area contributed by atoms with Crippen molar-refractivity contribution in [3.63, 3.8) is 0 Å². The second-order valence-corrected chi connectivity index (χ2v) is 6.17. The number of nitrogens with zero attached hydrogens (tertiary/aromatic N) is 2. The van der Waals surface area contributed by atoms with E-state index in [0.717, 1.165) is 44.3 Å². The molecule has 1 aliphatic rings. The van der Waals surface area contributed by atoms with E-state index in [4.69, 9.17) is 0 Å². The van der Waals surface area contributed by atoms with Gasteiger partial charge in [-0.3, -0.25) is 9.78 Å². The van der Waals surface area contributed by atoms with Crippen LogP contribution in [0.25, 0.3) is 0 Å². The highest BCUT2D eigenvalue weighted by atomic mass is 19.1. The number of halogens is 1. The van der Waals surface area contributed by atoms with Crippen LogP contribution in [-0.4, -0.2) is 28.9 Å². The molecular weight excluding hydrogens is 291 g/mol. The minimum atomic E-state index is -0.181. The Morgan fingerprint density at radius 3 is 3.00 bits per heavy atom. The molecule has 0 radical (unpaired) electrons. The molecule has 0 unspecified atom stereocenters. The lowest BCUT2D eigenvalue weighted by molar-refractivity contribution is 0.0668. The highest BCUT2D eigenvalue weighted by Gasteiger charge is 2.24. The number of hydrogen-bond donors (Lipinski definition) is 0. The summed E-state index contributed by atoms with van der Waals surface area (Å²) in [6.45, 7) is 1.59. The average molecular weight is 312 g/mol. The quantitative estimate of drug-likeness (QED) is 0.862. The van der Waals surface area contributed by atoms with Gasteiger partial charge in [0.2, 0.25) is 0 Å². The molecule has 1 aromatic carbocycles. The van der Waals surface area contributed by atoms with Crippen LogP contribution in [-0.2, 0) is 6.42 Å². The van der Waals surface area contributed by atoms with Crippen LogP contribution < -0.4 is 0 Å². The van der Waals surface area contributed by atoms with Gasteiger partial charge in [0.15, 0.2) is 0 Å². The smallest absolute Gasteiger partial charge is 0.255 e. The summed E-state index contributed by atoms with van der Waals surface area (Å²) >= 11 is 0. The van der Waals surface area contributed by atoms with Gasteiger partial charge in [0, 0.05) is 25.5 Å². The number of benzene rings is 1. The molecule has 1 atom stereocenters. The van der Waals surface area contributed by atoms with Gasteiger partial charge in [0.25, 0.3) is 5.91 Å². The molecule has 0 saturated carbocycles. The van der Waals surface area contributed by atoms with Crippen molar-refractivity contribution in [2.45, 2.75) is 25.7 Å². The van der Waals surface area contributed by atoms with Crippen molar-refractivity contribution in [3.8, 4) is 0 Å². The molecule has 0 bridgehead atoms. The predicted molar refractivity (Wildman–Crippen MR) is 87.6 cm³/mol. The summed E-state index contributed by atoms with van der Waals surface area (Å²) in [6.07, 6.45) is 7.30. The largest absolute Gasteiger partial charge is 0.338 e. The molecule has 1 aliphatic heterocycles. The Morgan fingerprint density at radius 1 is 1.30 bits per heavy atom. The van der Waals surface area contributed by atoms with Crippen molar-refractivity contribution in [1.29, 1.82) is 0 Å². The SMILES string of the molecule is O=C(c1cccnc1)N1CCC[C@H](CCc2cccc(F)c2)C1. The third-order valence-corrected chi connectivity index (χ3v) is 4.44. The van der Waals surface area contributed by atoms with Crippen molar-refractivity contribution in [3.05, 3.63) is 65.7 Å². The number of piperidine rings is 1. The molecule has 0 N–H and O–H groups in total. The van der Waals surface area contributed by atoms with Gasteiger partial charge in [-0.2, -0.15) is 0 Å². The molecule has 1 saturated heterocycles. The third kappa shape index (κ3) is 4.15. The summed E-state index contributed by atoms with van der Waals surface area (Å²) in [7, 11) is 0. The first-order valence-corrected chi connectivity index (χ1v) is 8.16. The lowest BCUT2D eigenvalue weighted by atomic mass is 9.91. The highest BCUT2D eigenvalue weighted by Crippen LogP contribution is 2.23. The van der Waals surface area contributed by atoms with E-state index < -0.39 is 0 Å². The lowest BCUT2D eigenvalue weighted by Crippen LogP contribution is -2.40. The van der Waals surface area contributed by atoms with Gasteiger partial charge >= 0.3 is 0 Å². The lowest BCUT2D eigenvalue weighted by Gasteiger charge is -2.33. The van der Waals surface area contributed by atoms with E-state index in [1.54, 1.807) is 30.6 Å². The summed E-state index contributed by atoms with van der Waals surface area (Å²) in [6, 6.07) is 10.4. The Labute approximate surface area is 136 Å². The number of pyridine rings is 1. The molecule has 2 heterocycles. The number of aryl methyl sites for hydroxylation is 1. The first-order chi connectivity index (χ1) is 11.2. The molecule has 3 nitrogen and oxygen atoms in total. The Balaban J connectivity index is 1.57. The van der Waals surface area contributed by atoms with Gasteiger partial charge in [-0.05, 0) is 61.4 Å². The Hall–Kier alpha value is -2.23. The van der Waals surface area contributed by atoms with Crippen LogP contribution in [0.1, 0.15) is 35.2 Å². The van der Waals surface area contributed by atoms with Crippen LogP contribution in [0.4, 0.5) is 4.39 Å². The Kier molecular flexibility index (Phi) is 5.01. The van der Waals surface area contributed by atoms with Gasteiger partial charge in [-0.1, -0.05) is 12.1 Å². The maximum Gasteiger partial charge on any atom is 0.255 e. The number of carbonyl (C=O) groups excluding carboxylic acids is 1. The minimum absolute atomic E-state index is 0.0635. The van der Waals surface area contributed by atoms with Crippen LogP contribution in [0.5, 0.6) is 0 Å². The van der Waals surface area contributed by atoms with Gasteiger partial charge in [-0.25, -0.2) is 4.39 Å². The van der Waals surface area contributed by atoms with Crippen LogP contribution in [0.3, 0.4) is 0 Å². The maximum absolute atomic E-state index is 13.2. The molecule has 1 amide bonds. The third-order valence-electron chi connectivity index (χ3n) is 4.44. The second kappa shape index (κ2) is 7.36. The van der Waals surface area contributed by atoms with Gasteiger partial charge in [-0.15, -0.1) is 0 Å². The average Bonchev–Trinajstić information content (AvgIpc) is 2.60. The normalized spacial score (nSPS) is 18.0. The second-order valence-electron chi connectivity index (χ2n) is 6.17. The summed E-state index contributed by atoms with van der Waals surface area (Å²) in [5.74, 6) is 0.362. The van der Waals surface area contributed by atoms with E-state index in [0.29, 0.717) is 11.5 Å². The standard InChI is InChI=1S/C19H21FN2O/c20-18-7-1-4-15(12-18)8-9-16-5-3-11-22(14-16)19(23)17-6-2-10-21-13-17/h1-2,4,6-7,10,12-13,16H,3,5,8-9,11,14H2/t16-/m1/s1. The molecule has 0 spiro atoms. The number of likely N-dealkylation sites (tertiary alicyclic amines) is 1. The molecule has 1 fully saturated rings. The first kappa shape index (κ1) is 15.7. The molecule has 120 valence electrons. The monoisotopic (exact) mass is 312 g/mol. The molecule has 2 aromatic rings. The summed E-state index contributed by atoms with van der Waals surface area (Å²) in [5, 5.41) is 0. The fourth-order valence-electron chi connectivity index (χ4n) is 3.22. The van der Waals surface area contributed by atoms with E-state index in [1.807, 2.05) is 17.0 Å². The molecule has 23 heavy (non-hydrogen) atoms. The van der Waals surface area contributed by atoms with E-state index in [9.17, 15) is 9.18 Å². The number of aromatic nitrogens is 1. The number of amides is 1. The number of rotatable bonds is 4. The zero-order valence-electron chi connectivity index (χ0n) is 13.1. The van der Waals surface area contributed by atoms with Crippen LogP contribution in [0, 0.1) is 11.7 Å². The van der Waals surface area contributed by atoms with Crippen molar-refractivity contribution < 1.29 is 9.18 Å². The zero-order valence-corrected chi connectivity index (χ0v) is 13.1. The van der Waals surface area contributed by atoms with E-state index >= 15 is 0 Å². The van der Waals surface area contributed by atoms with Crippen molar-refractivity contribution in [1.82, 2.24) is 9.88 Å². The van der Waals surface area contributed by atoms with Crippen molar-refractivity contribution >= 4 is 5.91 Å². The van der Waals surface area contributed by atoms with E-state index in [2.05, 4.69) is 4.98 Å². The molecule has 1 aromatic heterocycles. The minimum Gasteiger partial charge on any atom is -0.338 e. The number of carbonyl (C=O) groups is 1.